The Balaban J connectivity index is 1.63. The number of alkyl halides is 3. The Bertz CT molecular complexity index is 1300. The quantitative estimate of drug-likeness (QED) is 0.418. The number of carbonyl (C=O) groups excluding carboxylic acids is 1. The van der Waals surface area contributed by atoms with E-state index in [2.05, 4.69) is 36.4 Å². The molecule has 31 heavy (non-hydrogen) atoms. The molecule has 4 rings (SSSR count). The third-order valence-electron chi connectivity index (χ3n) is 4.30. The largest absolute Gasteiger partial charge is 0.433 e. The Morgan fingerprint density at radius 2 is 2.06 bits per heavy atom. The Morgan fingerprint density at radius 3 is 2.74 bits per heavy atom. The zero-order chi connectivity index (χ0) is 22.3. The number of hydrogen-bond acceptors (Lipinski definition) is 4. The second-order valence-corrected chi connectivity index (χ2v) is 7.98. The van der Waals surface area contributed by atoms with Crippen LogP contribution in [0.4, 0.5) is 18.9 Å². The predicted molar refractivity (Wildman–Crippen MR) is 111 cm³/mol. The molecular weight excluding hydrogens is 501 g/mol. The number of fused-ring (bicyclic) bond motifs is 1. The summed E-state index contributed by atoms with van der Waals surface area (Å²) < 4.78 is 43.2. The summed E-state index contributed by atoms with van der Waals surface area (Å²) in [7, 11) is 0. The molecule has 3 heterocycles. The van der Waals surface area contributed by atoms with Crippen molar-refractivity contribution in [2.75, 3.05) is 5.32 Å². The molecule has 7 nitrogen and oxygen atoms in total. The van der Waals surface area contributed by atoms with Crippen LogP contribution in [-0.4, -0.2) is 30.3 Å². The van der Waals surface area contributed by atoms with Gasteiger partial charge < -0.3 is 5.32 Å². The SMILES string of the molecule is Cc1cc(C(F)(F)F)n2nc(C(=O)Nc3cccc(Cn4cc(Br)cn4)c3)c(Cl)c2n1. The summed E-state index contributed by atoms with van der Waals surface area (Å²) in [4.78, 5) is 16.7. The van der Waals surface area contributed by atoms with E-state index in [9.17, 15) is 18.0 Å². The van der Waals surface area contributed by atoms with E-state index >= 15 is 0 Å². The van der Waals surface area contributed by atoms with Crippen molar-refractivity contribution in [1.29, 1.82) is 0 Å². The molecule has 0 spiro atoms. The van der Waals surface area contributed by atoms with Crippen LogP contribution >= 0.6 is 27.5 Å². The van der Waals surface area contributed by atoms with Crippen LogP contribution in [0.25, 0.3) is 5.65 Å². The van der Waals surface area contributed by atoms with Crippen LogP contribution in [0.1, 0.15) is 27.4 Å². The molecule has 0 saturated heterocycles. The highest BCUT2D eigenvalue weighted by Crippen LogP contribution is 2.32. The first-order chi connectivity index (χ1) is 14.6. The van der Waals surface area contributed by atoms with Gasteiger partial charge in [0.1, 0.15) is 10.7 Å². The fraction of sp³-hybridized carbons (Fsp3) is 0.158. The summed E-state index contributed by atoms with van der Waals surface area (Å²) in [5.74, 6) is -0.750. The molecule has 0 atom stereocenters. The molecule has 1 N–H and O–H groups in total. The summed E-state index contributed by atoms with van der Waals surface area (Å²) in [5.41, 5.74) is -0.271. The van der Waals surface area contributed by atoms with Crippen LogP contribution in [0.5, 0.6) is 0 Å². The lowest BCUT2D eigenvalue weighted by Crippen LogP contribution is -2.16. The Kier molecular flexibility index (Phi) is 5.48. The van der Waals surface area contributed by atoms with Crippen molar-refractivity contribution in [3.63, 3.8) is 0 Å². The fourth-order valence-corrected chi connectivity index (χ4v) is 3.58. The van der Waals surface area contributed by atoms with Crippen molar-refractivity contribution in [2.24, 2.45) is 0 Å². The molecule has 3 aromatic heterocycles. The van der Waals surface area contributed by atoms with Gasteiger partial charge in [-0.3, -0.25) is 9.48 Å². The summed E-state index contributed by atoms with van der Waals surface area (Å²) in [6.45, 7) is 1.87. The third-order valence-corrected chi connectivity index (χ3v) is 5.06. The number of carbonyl (C=O) groups is 1. The average Bonchev–Trinajstić information content (AvgIpc) is 3.24. The first-order valence-corrected chi connectivity index (χ1v) is 10.0. The summed E-state index contributed by atoms with van der Waals surface area (Å²) in [6, 6.07) is 7.80. The van der Waals surface area contributed by atoms with E-state index in [0.29, 0.717) is 16.7 Å². The van der Waals surface area contributed by atoms with Gasteiger partial charge in [0, 0.05) is 17.6 Å². The average molecular weight is 514 g/mol. The first-order valence-electron chi connectivity index (χ1n) is 8.83. The highest BCUT2D eigenvalue weighted by atomic mass is 79.9. The predicted octanol–water partition coefficient (Wildman–Crippen LogP) is 4.97. The Hall–Kier alpha value is -2.92. The van der Waals surface area contributed by atoms with Gasteiger partial charge in [-0.25, -0.2) is 9.50 Å². The first kappa shape index (κ1) is 21.3. The van der Waals surface area contributed by atoms with E-state index in [-0.39, 0.29) is 22.1 Å². The number of nitrogens with one attached hydrogen (secondary N) is 1. The van der Waals surface area contributed by atoms with Gasteiger partial charge in [0.15, 0.2) is 11.3 Å². The fourth-order valence-electron chi connectivity index (χ4n) is 3.01. The van der Waals surface area contributed by atoms with Crippen molar-refractivity contribution in [3.05, 3.63) is 74.9 Å². The third kappa shape index (κ3) is 4.42. The number of aromatic nitrogens is 5. The van der Waals surface area contributed by atoms with Gasteiger partial charge in [0.05, 0.1) is 17.2 Å². The smallest absolute Gasteiger partial charge is 0.321 e. The van der Waals surface area contributed by atoms with Crippen LogP contribution in [0, 0.1) is 6.92 Å². The van der Waals surface area contributed by atoms with E-state index in [1.165, 1.54) is 6.92 Å². The highest BCUT2D eigenvalue weighted by Gasteiger charge is 2.36. The van der Waals surface area contributed by atoms with E-state index in [1.807, 2.05) is 6.07 Å². The van der Waals surface area contributed by atoms with Crippen molar-refractivity contribution in [1.82, 2.24) is 24.4 Å². The lowest BCUT2D eigenvalue weighted by Gasteiger charge is -2.09. The van der Waals surface area contributed by atoms with Gasteiger partial charge in [0.25, 0.3) is 5.91 Å². The maximum Gasteiger partial charge on any atom is 0.433 e. The van der Waals surface area contributed by atoms with Crippen LogP contribution in [0.15, 0.2) is 47.2 Å². The Labute approximate surface area is 187 Å². The number of nitrogens with zero attached hydrogens (tertiary/aromatic N) is 5. The van der Waals surface area contributed by atoms with Crippen molar-refractivity contribution in [2.45, 2.75) is 19.6 Å². The van der Waals surface area contributed by atoms with Gasteiger partial charge in [-0.2, -0.15) is 23.4 Å². The maximum atomic E-state index is 13.4. The van der Waals surface area contributed by atoms with E-state index in [1.54, 1.807) is 35.3 Å². The molecule has 0 aliphatic rings. The molecule has 0 aliphatic carbocycles. The van der Waals surface area contributed by atoms with Crippen LogP contribution in [0.3, 0.4) is 0 Å². The minimum atomic E-state index is -4.69. The number of anilines is 1. The molecule has 160 valence electrons. The second-order valence-electron chi connectivity index (χ2n) is 6.69. The molecular formula is C19H13BrClF3N6O. The normalized spacial score (nSPS) is 11.8. The molecule has 1 aromatic carbocycles. The Morgan fingerprint density at radius 1 is 1.29 bits per heavy atom. The van der Waals surface area contributed by atoms with Gasteiger partial charge in [0.2, 0.25) is 0 Å². The number of halogens is 5. The molecule has 0 fully saturated rings. The summed E-state index contributed by atoms with van der Waals surface area (Å²) in [5, 5.41) is 10.3. The van der Waals surface area contributed by atoms with Gasteiger partial charge in [-0.1, -0.05) is 23.7 Å². The van der Waals surface area contributed by atoms with Crippen molar-refractivity contribution < 1.29 is 18.0 Å². The van der Waals surface area contributed by atoms with Gasteiger partial charge in [-0.15, -0.1) is 0 Å². The topological polar surface area (TPSA) is 77.1 Å². The van der Waals surface area contributed by atoms with E-state index in [0.717, 1.165) is 16.1 Å². The standard InChI is InChI=1S/C19H13BrClF3N6O/c1-10-5-14(19(22,23)24)30-17(26-10)15(21)16(28-30)18(31)27-13-4-2-3-11(6-13)8-29-9-12(20)7-25-29/h2-7,9H,8H2,1H3,(H,27,31). The van der Waals surface area contributed by atoms with Crippen LogP contribution in [-0.2, 0) is 12.7 Å². The molecule has 0 aliphatic heterocycles. The number of rotatable bonds is 4. The molecule has 1 amide bonds. The second kappa shape index (κ2) is 7.97. The number of hydrogen-bond donors (Lipinski definition) is 1. The molecule has 4 aromatic rings. The molecule has 0 saturated carbocycles. The maximum absolute atomic E-state index is 13.4. The zero-order valence-corrected chi connectivity index (χ0v) is 18.1. The minimum Gasteiger partial charge on any atom is -0.321 e. The van der Waals surface area contributed by atoms with Crippen molar-refractivity contribution >= 4 is 44.8 Å². The lowest BCUT2D eigenvalue weighted by atomic mass is 10.2. The number of amides is 1. The number of aryl methyl sites for hydroxylation is 1. The van der Waals surface area contributed by atoms with E-state index in [4.69, 9.17) is 11.6 Å². The van der Waals surface area contributed by atoms with Gasteiger partial charge >= 0.3 is 6.18 Å². The minimum absolute atomic E-state index is 0.103. The summed E-state index contributed by atoms with van der Waals surface area (Å²) >= 11 is 9.49. The molecule has 0 bridgehead atoms. The molecule has 0 radical (unpaired) electrons. The van der Waals surface area contributed by atoms with Crippen LogP contribution in [0.2, 0.25) is 5.02 Å². The lowest BCUT2D eigenvalue weighted by molar-refractivity contribution is -0.142. The van der Waals surface area contributed by atoms with Crippen molar-refractivity contribution in [3.8, 4) is 0 Å². The zero-order valence-electron chi connectivity index (χ0n) is 15.8. The summed E-state index contributed by atoms with van der Waals surface area (Å²) in [6.07, 6.45) is -1.23. The van der Waals surface area contributed by atoms with Crippen LogP contribution < -0.4 is 5.32 Å². The monoisotopic (exact) mass is 512 g/mol. The molecule has 12 heteroatoms. The highest BCUT2D eigenvalue weighted by molar-refractivity contribution is 9.10. The number of benzene rings is 1. The van der Waals surface area contributed by atoms with Gasteiger partial charge in [-0.05, 0) is 46.6 Å². The molecule has 0 unspecified atom stereocenters. The van der Waals surface area contributed by atoms with E-state index < -0.39 is 17.8 Å².